The summed E-state index contributed by atoms with van der Waals surface area (Å²) in [7, 11) is 1.92. The lowest BCUT2D eigenvalue weighted by atomic mass is 10.1. The highest BCUT2D eigenvalue weighted by Crippen LogP contribution is 2.19. The molecule has 0 amide bonds. The molecule has 1 aromatic carbocycles. The fourth-order valence-electron chi connectivity index (χ4n) is 2.47. The van der Waals surface area contributed by atoms with Crippen molar-refractivity contribution in [2.45, 2.75) is 12.8 Å². The molecule has 0 bridgehead atoms. The van der Waals surface area contributed by atoms with E-state index in [0.29, 0.717) is 5.69 Å². The maximum absolute atomic E-state index is 10.9. The van der Waals surface area contributed by atoms with Crippen LogP contribution in [0, 0.1) is 0 Å². The fraction of sp³-hybridized carbons (Fsp3) is 0.200. The number of aromatic amines is 1. The van der Waals surface area contributed by atoms with Crippen molar-refractivity contribution in [1.29, 1.82) is 0 Å². The summed E-state index contributed by atoms with van der Waals surface area (Å²) in [5.41, 5.74) is 3.95. The standard InChI is InChI=1S/C15H15N3O/c1-18-10-17-14(9-19)15(18)7-6-11-8-16-13-5-3-2-4-12(11)13/h2-5,8-10,16H,6-7H2,1H3. The van der Waals surface area contributed by atoms with E-state index in [2.05, 4.69) is 22.1 Å². The summed E-state index contributed by atoms with van der Waals surface area (Å²) >= 11 is 0. The Labute approximate surface area is 111 Å². The van der Waals surface area contributed by atoms with Crippen molar-refractivity contribution < 1.29 is 4.79 Å². The Bertz CT molecular complexity index is 724. The summed E-state index contributed by atoms with van der Waals surface area (Å²) in [6.07, 6.45) is 6.26. The van der Waals surface area contributed by atoms with Crippen LogP contribution in [0.1, 0.15) is 21.7 Å². The number of H-pyrrole nitrogens is 1. The fourth-order valence-corrected chi connectivity index (χ4v) is 2.47. The van der Waals surface area contributed by atoms with Gasteiger partial charge in [-0.2, -0.15) is 0 Å². The van der Waals surface area contributed by atoms with Gasteiger partial charge < -0.3 is 9.55 Å². The monoisotopic (exact) mass is 253 g/mol. The van der Waals surface area contributed by atoms with Crippen LogP contribution in [0.4, 0.5) is 0 Å². The number of nitrogens with one attached hydrogen (secondary N) is 1. The molecule has 3 aromatic rings. The molecule has 2 aromatic heterocycles. The first kappa shape index (κ1) is 11.7. The summed E-state index contributed by atoms with van der Waals surface area (Å²) in [5, 5.41) is 1.25. The van der Waals surface area contributed by atoms with Gasteiger partial charge in [0.2, 0.25) is 0 Å². The van der Waals surface area contributed by atoms with Crippen molar-refractivity contribution in [2.75, 3.05) is 0 Å². The normalized spacial score (nSPS) is 11.0. The summed E-state index contributed by atoms with van der Waals surface area (Å²) in [6.45, 7) is 0. The quantitative estimate of drug-likeness (QED) is 0.726. The number of imidazole rings is 1. The number of benzene rings is 1. The van der Waals surface area contributed by atoms with Crippen molar-refractivity contribution in [3.05, 3.63) is 53.7 Å². The van der Waals surface area contributed by atoms with Crippen LogP contribution in [-0.2, 0) is 19.9 Å². The molecular weight excluding hydrogens is 238 g/mol. The molecule has 0 aliphatic rings. The number of rotatable bonds is 4. The minimum atomic E-state index is 0.544. The molecule has 0 saturated carbocycles. The zero-order valence-corrected chi connectivity index (χ0v) is 10.8. The van der Waals surface area contributed by atoms with Crippen molar-refractivity contribution in [1.82, 2.24) is 14.5 Å². The molecule has 0 aliphatic heterocycles. The minimum absolute atomic E-state index is 0.544. The first-order chi connectivity index (χ1) is 9.29. The highest BCUT2D eigenvalue weighted by molar-refractivity contribution is 5.83. The molecular formula is C15H15N3O. The molecule has 4 nitrogen and oxygen atoms in total. The van der Waals surface area contributed by atoms with Crippen molar-refractivity contribution in [2.24, 2.45) is 7.05 Å². The van der Waals surface area contributed by atoms with Gasteiger partial charge in [-0.15, -0.1) is 0 Å². The predicted molar refractivity (Wildman–Crippen MR) is 74.3 cm³/mol. The lowest BCUT2D eigenvalue weighted by molar-refractivity contribution is 0.111. The van der Waals surface area contributed by atoms with E-state index in [1.807, 2.05) is 29.9 Å². The second kappa shape index (κ2) is 4.72. The average Bonchev–Trinajstić information content (AvgIpc) is 3.00. The van der Waals surface area contributed by atoms with Crippen LogP contribution in [0.25, 0.3) is 10.9 Å². The van der Waals surface area contributed by atoms with Crippen LogP contribution < -0.4 is 0 Å². The van der Waals surface area contributed by atoms with E-state index in [1.54, 1.807) is 6.33 Å². The summed E-state index contributed by atoms with van der Waals surface area (Å²) in [4.78, 5) is 18.3. The number of fused-ring (bicyclic) bond motifs is 1. The van der Waals surface area contributed by atoms with Gasteiger partial charge in [0.1, 0.15) is 5.69 Å². The molecule has 0 unspecified atom stereocenters. The third-order valence-electron chi connectivity index (χ3n) is 3.51. The number of para-hydroxylation sites is 1. The average molecular weight is 253 g/mol. The van der Waals surface area contributed by atoms with Crippen molar-refractivity contribution in [3.8, 4) is 0 Å². The van der Waals surface area contributed by atoms with Crippen LogP contribution in [0.5, 0.6) is 0 Å². The second-order valence-corrected chi connectivity index (χ2v) is 4.66. The molecule has 0 aliphatic carbocycles. The van der Waals surface area contributed by atoms with Crippen LogP contribution in [0.15, 0.2) is 36.8 Å². The number of carbonyl (C=O) groups is 1. The number of aryl methyl sites for hydroxylation is 2. The zero-order chi connectivity index (χ0) is 13.2. The van der Waals surface area contributed by atoms with Crippen LogP contribution in [0.2, 0.25) is 0 Å². The lowest BCUT2D eigenvalue weighted by Gasteiger charge is -2.03. The second-order valence-electron chi connectivity index (χ2n) is 4.66. The molecule has 3 rings (SSSR count). The third kappa shape index (κ3) is 2.05. The number of aldehydes is 1. The van der Waals surface area contributed by atoms with Gasteiger partial charge in [0.15, 0.2) is 6.29 Å². The Kier molecular flexibility index (Phi) is 2.91. The van der Waals surface area contributed by atoms with Crippen molar-refractivity contribution >= 4 is 17.2 Å². The Morgan fingerprint density at radius 3 is 3.00 bits per heavy atom. The molecule has 96 valence electrons. The Hall–Kier alpha value is -2.36. The van der Waals surface area contributed by atoms with E-state index in [9.17, 15) is 4.79 Å². The molecule has 19 heavy (non-hydrogen) atoms. The first-order valence-electron chi connectivity index (χ1n) is 6.30. The largest absolute Gasteiger partial charge is 0.361 e. The molecule has 0 spiro atoms. The van der Waals surface area contributed by atoms with E-state index in [0.717, 1.165) is 30.3 Å². The van der Waals surface area contributed by atoms with Gasteiger partial charge in [-0.3, -0.25) is 4.79 Å². The van der Waals surface area contributed by atoms with Crippen molar-refractivity contribution in [3.63, 3.8) is 0 Å². The number of hydrogen-bond acceptors (Lipinski definition) is 2. The van der Waals surface area contributed by atoms with Crippen LogP contribution >= 0.6 is 0 Å². The molecule has 4 heteroatoms. The lowest BCUT2D eigenvalue weighted by Crippen LogP contribution is -2.01. The maximum atomic E-state index is 10.9. The predicted octanol–water partition coefficient (Wildman–Crippen LogP) is 2.50. The van der Waals surface area contributed by atoms with Crippen LogP contribution in [-0.4, -0.2) is 20.8 Å². The highest BCUT2D eigenvalue weighted by atomic mass is 16.1. The Morgan fingerprint density at radius 2 is 2.16 bits per heavy atom. The van der Waals surface area contributed by atoms with Gasteiger partial charge in [-0.25, -0.2) is 4.98 Å². The number of nitrogens with zero attached hydrogens (tertiary/aromatic N) is 2. The number of hydrogen-bond donors (Lipinski definition) is 1. The summed E-state index contributed by atoms with van der Waals surface area (Å²) in [5.74, 6) is 0. The zero-order valence-electron chi connectivity index (χ0n) is 10.8. The summed E-state index contributed by atoms with van der Waals surface area (Å²) < 4.78 is 1.92. The molecule has 2 heterocycles. The Morgan fingerprint density at radius 1 is 1.32 bits per heavy atom. The smallest absolute Gasteiger partial charge is 0.170 e. The van der Waals surface area contributed by atoms with E-state index in [-0.39, 0.29) is 0 Å². The van der Waals surface area contributed by atoms with Gasteiger partial charge in [-0.1, -0.05) is 18.2 Å². The van der Waals surface area contributed by atoms with Gasteiger partial charge >= 0.3 is 0 Å². The molecule has 0 saturated heterocycles. The van der Waals surface area contributed by atoms with Gasteiger partial charge in [0.05, 0.1) is 6.33 Å². The highest BCUT2D eigenvalue weighted by Gasteiger charge is 2.09. The SMILES string of the molecule is Cn1cnc(C=O)c1CCc1c[nH]c2ccccc12. The molecule has 0 radical (unpaired) electrons. The van der Waals surface area contributed by atoms with E-state index < -0.39 is 0 Å². The van der Waals surface area contributed by atoms with E-state index >= 15 is 0 Å². The van der Waals surface area contributed by atoms with Gasteiger partial charge in [-0.05, 0) is 24.5 Å². The number of aromatic nitrogens is 3. The maximum Gasteiger partial charge on any atom is 0.170 e. The Balaban J connectivity index is 1.86. The van der Waals surface area contributed by atoms with E-state index in [1.165, 1.54) is 10.9 Å². The van der Waals surface area contributed by atoms with Crippen LogP contribution in [0.3, 0.4) is 0 Å². The molecule has 0 atom stereocenters. The third-order valence-corrected chi connectivity index (χ3v) is 3.51. The number of carbonyl (C=O) groups excluding carboxylic acids is 1. The molecule has 1 N–H and O–H groups in total. The minimum Gasteiger partial charge on any atom is -0.361 e. The van der Waals surface area contributed by atoms with Gasteiger partial charge in [0, 0.05) is 29.8 Å². The summed E-state index contributed by atoms with van der Waals surface area (Å²) in [6, 6.07) is 8.25. The topological polar surface area (TPSA) is 50.7 Å². The van der Waals surface area contributed by atoms with E-state index in [4.69, 9.17) is 0 Å². The molecule has 0 fully saturated rings. The first-order valence-corrected chi connectivity index (χ1v) is 6.30. The van der Waals surface area contributed by atoms with Gasteiger partial charge in [0.25, 0.3) is 0 Å².